The molecule has 1 atom stereocenters. The average molecular weight is 606 g/mol. The van der Waals surface area contributed by atoms with Crippen LogP contribution < -0.4 is 4.90 Å². The van der Waals surface area contributed by atoms with Crippen LogP contribution in [0.4, 0.5) is 5.13 Å². The molecule has 1 amide bonds. The minimum absolute atomic E-state index is 0.0520. The fraction of sp³-hybridized carbons (Fsp3) is 0.200. The standard InChI is InChI=1S/C35H31N3O3S2/c1-20(2)23-14-16-25(17-15-23)30-29(31(39)28-18-21(3)12-13-22(28)4)32(40)33(41)38(30)34-36-37-35(43-34)42-19-26-10-7-9-24-8-5-6-11-27(24)26/h5-18,20,30,39H,19H2,1-4H3. The number of aliphatic hydroxyl groups excluding tert-OH is 1. The van der Waals surface area contributed by atoms with E-state index in [0.29, 0.717) is 26.7 Å². The predicted molar refractivity (Wildman–Crippen MR) is 175 cm³/mol. The second-order valence-electron chi connectivity index (χ2n) is 11.1. The van der Waals surface area contributed by atoms with Gasteiger partial charge in [0.1, 0.15) is 5.76 Å². The van der Waals surface area contributed by atoms with Crippen molar-refractivity contribution in [3.05, 3.63) is 124 Å². The van der Waals surface area contributed by atoms with E-state index >= 15 is 0 Å². The van der Waals surface area contributed by atoms with Crippen molar-refractivity contribution in [2.75, 3.05) is 4.90 Å². The number of carbonyl (C=O) groups is 2. The fourth-order valence-electron chi connectivity index (χ4n) is 5.46. The van der Waals surface area contributed by atoms with Crippen molar-refractivity contribution >= 4 is 56.5 Å². The van der Waals surface area contributed by atoms with Gasteiger partial charge in [-0.3, -0.25) is 14.5 Å². The van der Waals surface area contributed by atoms with Gasteiger partial charge >= 0.3 is 5.91 Å². The number of aliphatic hydroxyl groups is 1. The Balaban J connectivity index is 1.39. The molecule has 6 nitrogen and oxygen atoms in total. The number of fused-ring (bicyclic) bond motifs is 1. The van der Waals surface area contributed by atoms with Gasteiger partial charge in [-0.05, 0) is 58.9 Å². The van der Waals surface area contributed by atoms with Crippen LogP contribution in [0.3, 0.4) is 0 Å². The number of hydrogen-bond donors (Lipinski definition) is 1. The van der Waals surface area contributed by atoms with Crippen LogP contribution in [-0.4, -0.2) is 27.0 Å². The predicted octanol–water partition coefficient (Wildman–Crippen LogP) is 8.35. The van der Waals surface area contributed by atoms with Gasteiger partial charge in [-0.1, -0.05) is 121 Å². The van der Waals surface area contributed by atoms with E-state index in [1.807, 2.05) is 74.5 Å². The molecule has 5 aromatic rings. The zero-order valence-corrected chi connectivity index (χ0v) is 26.0. The number of carbonyl (C=O) groups excluding carboxylic acids is 2. The summed E-state index contributed by atoms with van der Waals surface area (Å²) in [4.78, 5) is 28.7. The summed E-state index contributed by atoms with van der Waals surface area (Å²) in [6.07, 6.45) is 0. The number of ketones is 1. The van der Waals surface area contributed by atoms with Crippen LogP contribution in [-0.2, 0) is 15.3 Å². The van der Waals surface area contributed by atoms with Crippen molar-refractivity contribution < 1.29 is 14.7 Å². The quantitative estimate of drug-likeness (QED) is 0.0660. The summed E-state index contributed by atoms with van der Waals surface area (Å²) in [5.41, 5.74) is 5.37. The summed E-state index contributed by atoms with van der Waals surface area (Å²) < 4.78 is 0.688. The van der Waals surface area contributed by atoms with Gasteiger partial charge in [-0.2, -0.15) is 0 Å². The molecule has 0 saturated carbocycles. The van der Waals surface area contributed by atoms with E-state index in [2.05, 4.69) is 48.3 Å². The number of hydrogen-bond acceptors (Lipinski definition) is 7. The number of thioether (sulfide) groups is 1. The second kappa shape index (κ2) is 11.8. The molecule has 1 N–H and O–H groups in total. The second-order valence-corrected chi connectivity index (χ2v) is 13.3. The van der Waals surface area contributed by atoms with E-state index in [1.165, 1.54) is 32.6 Å². The summed E-state index contributed by atoms with van der Waals surface area (Å²) in [5.74, 6) is -0.653. The molecule has 1 saturated heterocycles. The molecule has 1 aliphatic rings. The van der Waals surface area contributed by atoms with Gasteiger partial charge in [0.25, 0.3) is 5.78 Å². The van der Waals surface area contributed by atoms with Crippen molar-refractivity contribution in [2.24, 2.45) is 0 Å². The number of rotatable bonds is 7. The van der Waals surface area contributed by atoms with E-state index in [-0.39, 0.29) is 11.3 Å². The summed E-state index contributed by atoms with van der Waals surface area (Å²) >= 11 is 2.81. The molecular weight excluding hydrogens is 575 g/mol. The lowest BCUT2D eigenvalue weighted by molar-refractivity contribution is -0.132. The van der Waals surface area contributed by atoms with Gasteiger partial charge in [0, 0.05) is 11.3 Å². The number of Topliss-reactive ketones (excluding diaryl/α,β-unsaturated/α-hetero) is 1. The molecule has 1 aliphatic heterocycles. The normalized spacial score (nSPS) is 16.5. The number of aromatic nitrogens is 2. The van der Waals surface area contributed by atoms with E-state index in [9.17, 15) is 14.7 Å². The number of benzene rings is 4. The maximum Gasteiger partial charge on any atom is 0.301 e. The zero-order valence-electron chi connectivity index (χ0n) is 24.4. The van der Waals surface area contributed by atoms with Crippen LogP contribution in [0.5, 0.6) is 0 Å². The third-order valence-corrected chi connectivity index (χ3v) is 9.95. The molecule has 1 fully saturated rings. The summed E-state index contributed by atoms with van der Waals surface area (Å²) in [7, 11) is 0. The number of nitrogens with zero attached hydrogens (tertiary/aromatic N) is 3. The van der Waals surface area contributed by atoms with Gasteiger partial charge in [-0.25, -0.2) is 0 Å². The molecular formula is C35H31N3O3S2. The molecule has 2 heterocycles. The first kappa shape index (κ1) is 28.8. The molecule has 216 valence electrons. The molecule has 0 radical (unpaired) electrons. The highest BCUT2D eigenvalue weighted by Gasteiger charge is 2.48. The Morgan fingerprint density at radius 3 is 2.47 bits per heavy atom. The van der Waals surface area contributed by atoms with Crippen LogP contribution in [0.25, 0.3) is 16.5 Å². The lowest BCUT2D eigenvalue weighted by Gasteiger charge is -2.23. The Hall–Kier alpha value is -4.27. The molecule has 4 aromatic carbocycles. The van der Waals surface area contributed by atoms with Crippen molar-refractivity contribution in [2.45, 2.75) is 49.7 Å². The topological polar surface area (TPSA) is 83.4 Å². The molecule has 6 rings (SSSR count). The van der Waals surface area contributed by atoms with Crippen LogP contribution in [0.1, 0.15) is 59.2 Å². The van der Waals surface area contributed by atoms with Crippen LogP contribution in [0.2, 0.25) is 0 Å². The van der Waals surface area contributed by atoms with E-state index in [1.54, 1.807) is 11.8 Å². The minimum Gasteiger partial charge on any atom is -0.507 e. The van der Waals surface area contributed by atoms with Crippen molar-refractivity contribution in [3.63, 3.8) is 0 Å². The Labute approximate surface area is 259 Å². The molecule has 1 unspecified atom stereocenters. The fourth-order valence-corrected chi connectivity index (χ4v) is 7.33. The molecule has 0 bridgehead atoms. The smallest absolute Gasteiger partial charge is 0.301 e. The molecule has 43 heavy (non-hydrogen) atoms. The molecule has 0 spiro atoms. The van der Waals surface area contributed by atoms with Crippen LogP contribution >= 0.6 is 23.1 Å². The summed E-state index contributed by atoms with van der Waals surface area (Å²) in [6, 6.07) is 27.2. The Morgan fingerprint density at radius 1 is 0.953 bits per heavy atom. The average Bonchev–Trinajstić information content (AvgIpc) is 3.58. The van der Waals surface area contributed by atoms with Crippen molar-refractivity contribution in [1.82, 2.24) is 10.2 Å². The first-order valence-corrected chi connectivity index (χ1v) is 15.9. The lowest BCUT2D eigenvalue weighted by Crippen LogP contribution is -2.29. The van der Waals surface area contributed by atoms with Gasteiger partial charge in [-0.15, -0.1) is 10.2 Å². The van der Waals surface area contributed by atoms with Crippen molar-refractivity contribution in [1.29, 1.82) is 0 Å². The summed E-state index contributed by atoms with van der Waals surface area (Å²) in [6.45, 7) is 8.03. The Kier molecular flexibility index (Phi) is 7.90. The Morgan fingerprint density at radius 2 is 1.70 bits per heavy atom. The monoisotopic (exact) mass is 605 g/mol. The summed E-state index contributed by atoms with van der Waals surface area (Å²) in [5, 5.41) is 23.0. The maximum absolute atomic E-state index is 13.7. The van der Waals surface area contributed by atoms with Gasteiger partial charge in [0.05, 0.1) is 11.6 Å². The van der Waals surface area contributed by atoms with E-state index < -0.39 is 17.7 Å². The van der Waals surface area contributed by atoms with Crippen molar-refractivity contribution in [3.8, 4) is 0 Å². The van der Waals surface area contributed by atoms with Gasteiger partial charge < -0.3 is 5.11 Å². The van der Waals surface area contributed by atoms with Gasteiger partial charge in [0.2, 0.25) is 5.13 Å². The largest absolute Gasteiger partial charge is 0.507 e. The Bertz CT molecular complexity index is 1890. The SMILES string of the molecule is Cc1ccc(C)c(C(O)=C2C(=O)C(=O)N(c3nnc(SCc4cccc5ccccc45)s3)C2c2ccc(C(C)C)cc2)c1. The van der Waals surface area contributed by atoms with Crippen LogP contribution in [0.15, 0.2) is 94.8 Å². The third kappa shape index (κ3) is 5.48. The highest BCUT2D eigenvalue weighted by Crippen LogP contribution is 2.44. The first-order valence-electron chi connectivity index (χ1n) is 14.1. The third-order valence-electron chi connectivity index (χ3n) is 7.84. The van der Waals surface area contributed by atoms with Gasteiger partial charge in [0.15, 0.2) is 4.34 Å². The maximum atomic E-state index is 13.7. The lowest BCUT2D eigenvalue weighted by atomic mass is 9.92. The van der Waals surface area contributed by atoms with E-state index in [4.69, 9.17) is 0 Å². The number of anilines is 1. The number of amides is 1. The highest BCUT2D eigenvalue weighted by atomic mass is 32.2. The molecule has 8 heteroatoms. The molecule has 1 aromatic heterocycles. The molecule has 0 aliphatic carbocycles. The minimum atomic E-state index is -0.843. The zero-order chi connectivity index (χ0) is 30.2. The van der Waals surface area contributed by atoms with Crippen LogP contribution in [0, 0.1) is 13.8 Å². The van der Waals surface area contributed by atoms with E-state index in [0.717, 1.165) is 22.3 Å². The number of aryl methyl sites for hydroxylation is 2. The first-order chi connectivity index (χ1) is 20.7. The highest BCUT2D eigenvalue weighted by molar-refractivity contribution is 8.00.